The second-order valence-electron chi connectivity index (χ2n) is 1.22. The van der Waals surface area contributed by atoms with Gasteiger partial charge in [-0.1, -0.05) is 0 Å². The van der Waals surface area contributed by atoms with Crippen LogP contribution < -0.4 is 0 Å². The first-order valence-corrected chi connectivity index (χ1v) is 1.53. The maximum Gasteiger partial charge on any atom is 0.0951 e. The van der Waals surface area contributed by atoms with Gasteiger partial charge in [-0.3, -0.25) is 4.90 Å². The summed E-state index contributed by atoms with van der Waals surface area (Å²) in [6.07, 6.45) is 0. The Morgan fingerprint density at radius 3 is 1.80 bits per heavy atom. The molecule has 0 aromatic heterocycles. The molecule has 5 heavy (non-hydrogen) atoms. The van der Waals surface area contributed by atoms with Crippen molar-refractivity contribution >= 4 is 0 Å². The average molecular weight is 75.1 g/mol. The molecule has 0 unspecified atom stereocenters. The highest BCUT2D eigenvalue weighted by atomic mass is 16.3. The molecular formula is C3H9NO. The van der Waals surface area contributed by atoms with Crippen LogP contribution in [-0.4, -0.2) is 30.8 Å². The van der Waals surface area contributed by atoms with Crippen molar-refractivity contribution in [1.29, 1.82) is 0 Å². The van der Waals surface area contributed by atoms with Crippen LogP contribution in [0.15, 0.2) is 0 Å². The van der Waals surface area contributed by atoms with Crippen molar-refractivity contribution in [3.05, 3.63) is 0 Å². The monoisotopic (exact) mass is 75.1 g/mol. The number of rotatable bonds is 1. The molecule has 0 aliphatic heterocycles. The van der Waals surface area contributed by atoms with E-state index >= 15 is 0 Å². The molecule has 0 aliphatic rings. The van der Waals surface area contributed by atoms with Gasteiger partial charge in [0.05, 0.1) is 6.73 Å². The molecule has 0 saturated carbocycles. The number of aliphatic hydroxyl groups is 1. The van der Waals surface area contributed by atoms with E-state index in [4.69, 9.17) is 5.11 Å². The fourth-order valence-corrected chi connectivity index (χ4v) is 0. The van der Waals surface area contributed by atoms with E-state index in [-0.39, 0.29) is 6.73 Å². The summed E-state index contributed by atoms with van der Waals surface area (Å²) in [5.74, 6) is 0. The molecule has 0 aromatic rings. The first-order valence-electron chi connectivity index (χ1n) is 1.53. The fraction of sp³-hybridized carbons (Fsp3) is 1.00. The van der Waals surface area contributed by atoms with E-state index < -0.39 is 0 Å². The van der Waals surface area contributed by atoms with Gasteiger partial charge in [0.15, 0.2) is 0 Å². The molecule has 2 heteroatoms. The van der Waals surface area contributed by atoms with Gasteiger partial charge in [-0.05, 0) is 14.1 Å². The summed E-state index contributed by atoms with van der Waals surface area (Å²) in [6.45, 7) is 0.139. The lowest BCUT2D eigenvalue weighted by Gasteiger charge is -1.99. The van der Waals surface area contributed by atoms with Gasteiger partial charge in [0.1, 0.15) is 0 Å². The summed E-state index contributed by atoms with van der Waals surface area (Å²) in [6, 6.07) is 0. The molecule has 0 aliphatic carbocycles. The molecule has 0 heterocycles. The van der Waals surface area contributed by atoms with Gasteiger partial charge in [0.25, 0.3) is 0 Å². The maximum atomic E-state index is 8.07. The van der Waals surface area contributed by atoms with E-state index in [1.165, 1.54) is 0 Å². The molecule has 0 saturated heterocycles. The molecule has 1 N–H and O–H groups in total. The smallest absolute Gasteiger partial charge is 0.0951 e. The molecule has 0 atom stereocenters. The summed E-state index contributed by atoms with van der Waals surface area (Å²) in [5, 5.41) is 8.07. The number of hydrogen-bond acceptors (Lipinski definition) is 2. The zero-order valence-electron chi connectivity index (χ0n) is 3.60. The van der Waals surface area contributed by atoms with E-state index in [2.05, 4.69) is 0 Å². The Hall–Kier alpha value is -0.0800. The van der Waals surface area contributed by atoms with E-state index in [0.717, 1.165) is 0 Å². The van der Waals surface area contributed by atoms with E-state index in [9.17, 15) is 0 Å². The van der Waals surface area contributed by atoms with Crippen molar-refractivity contribution in [2.45, 2.75) is 0 Å². The van der Waals surface area contributed by atoms with Crippen LogP contribution in [0.1, 0.15) is 0 Å². The van der Waals surface area contributed by atoms with Crippen LogP contribution in [0.5, 0.6) is 0 Å². The van der Waals surface area contributed by atoms with Crippen molar-refractivity contribution in [2.75, 3.05) is 20.8 Å². The molecule has 32 valence electrons. The van der Waals surface area contributed by atoms with Gasteiger partial charge < -0.3 is 5.11 Å². The molecule has 0 aromatic carbocycles. The quantitative estimate of drug-likeness (QED) is 0.425. The predicted octanol–water partition coefficient (Wildman–Crippen LogP) is -0.502. The van der Waals surface area contributed by atoms with Gasteiger partial charge in [0.2, 0.25) is 0 Å². The lowest BCUT2D eigenvalue weighted by atomic mass is 11.0. The highest BCUT2D eigenvalue weighted by Gasteiger charge is 1.73. The Bertz CT molecular complexity index is 20.9. The normalized spacial score (nSPS) is 9.60. The molecule has 0 rings (SSSR count). The summed E-state index contributed by atoms with van der Waals surface area (Å²) in [5.41, 5.74) is 0. The van der Waals surface area contributed by atoms with Crippen LogP contribution >= 0.6 is 0 Å². The largest absolute Gasteiger partial charge is 0.381 e. The van der Waals surface area contributed by atoms with Gasteiger partial charge in [-0.15, -0.1) is 0 Å². The second kappa shape index (κ2) is 2.18. The third kappa shape index (κ3) is 3.92. The third-order valence-corrected chi connectivity index (χ3v) is 0.283. The van der Waals surface area contributed by atoms with Crippen molar-refractivity contribution in [3.63, 3.8) is 0 Å². The van der Waals surface area contributed by atoms with Crippen LogP contribution in [-0.2, 0) is 0 Å². The molecule has 0 bridgehead atoms. The Kier molecular flexibility index (Phi) is 2.14. The minimum Gasteiger partial charge on any atom is -0.381 e. The number of hydrogen-bond donors (Lipinski definition) is 1. The standard InChI is InChI=1S/C3H9NO/c1-4(2)3-5/h5H,3H2,1-2H3. The number of nitrogens with zero attached hydrogens (tertiary/aromatic N) is 1. The molecule has 0 amide bonds. The van der Waals surface area contributed by atoms with Gasteiger partial charge in [0, 0.05) is 0 Å². The minimum atomic E-state index is 0.139. The predicted molar refractivity (Wildman–Crippen MR) is 20.8 cm³/mol. The van der Waals surface area contributed by atoms with Crippen molar-refractivity contribution in [3.8, 4) is 0 Å². The van der Waals surface area contributed by atoms with Crippen LogP contribution in [0.3, 0.4) is 0 Å². The van der Waals surface area contributed by atoms with Crippen molar-refractivity contribution < 1.29 is 5.11 Å². The zero-order chi connectivity index (χ0) is 4.28. The number of aliphatic hydroxyl groups excluding tert-OH is 1. The fourth-order valence-electron chi connectivity index (χ4n) is 0. The second-order valence-corrected chi connectivity index (χ2v) is 1.22. The maximum absolute atomic E-state index is 8.07. The van der Waals surface area contributed by atoms with E-state index in [0.29, 0.717) is 0 Å². The summed E-state index contributed by atoms with van der Waals surface area (Å²) in [4.78, 5) is 1.68. The summed E-state index contributed by atoms with van der Waals surface area (Å²) < 4.78 is 0. The van der Waals surface area contributed by atoms with Crippen LogP contribution in [0.2, 0.25) is 0 Å². The highest BCUT2D eigenvalue weighted by molar-refractivity contribution is 4.16. The molecule has 0 spiro atoms. The van der Waals surface area contributed by atoms with E-state index in [1.54, 1.807) is 19.0 Å². The summed E-state index contributed by atoms with van der Waals surface area (Å²) >= 11 is 0. The summed E-state index contributed by atoms with van der Waals surface area (Å²) in [7, 11) is 3.61. The van der Waals surface area contributed by atoms with Crippen molar-refractivity contribution in [1.82, 2.24) is 4.90 Å². The SMILES string of the molecule is CN(C)CO. The minimum absolute atomic E-state index is 0.139. The Balaban J connectivity index is 2.54. The van der Waals surface area contributed by atoms with Gasteiger partial charge in [-0.2, -0.15) is 0 Å². The third-order valence-electron chi connectivity index (χ3n) is 0.283. The first-order chi connectivity index (χ1) is 2.27. The zero-order valence-corrected chi connectivity index (χ0v) is 3.60. The molecular weight excluding hydrogens is 66.0 g/mol. The van der Waals surface area contributed by atoms with Crippen LogP contribution in [0, 0.1) is 0 Å². The average Bonchev–Trinajstić information content (AvgIpc) is 1.38. The molecule has 0 fully saturated rings. The first kappa shape index (κ1) is 4.92. The van der Waals surface area contributed by atoms with Gasteiger partial charge >= 0.3 is 0 Å². The highest BCUT2D eigenvalue weighted by Crippen LogP contribution is 1.59. The van der Waals surface area contributed by atoms with Gasteiger partial charge in [-0.25, -0.2) is 0 Å². The topological polar surface area (TPSA) is 23.5 Å². The lowest BCUT2D eigenvalue weighted by molar-refractivity contribution is 0.157. The molecule has 0 radical (unpaired) electrons. The molecule has 2 nitrogen and oxygen atoms in total. The Morgan fingerprint density at radius 2 is 1.80 bits per heavy atom. The lowest BCUT2D eigenvalue weighted by Crippen LogP contribution is -2.11. The Morgan fingerprint density at radius 1 is 1.60 bits per heavy atom. The van der Waals surface area contributed by atoms with Crippen LogP contribution in [0.25, 0.3) is 0 Å². The van der Waals surface area contributed by atoms with E-state index in [1.807, 2.05) is 0 Å². The van der Waals surface area contributed by atoms with Crippen LogP contribution in [0.4, 0.5) is 0 Å². The van der Waals surface area contributed by atoms with Crippen molar-refractivity contribution in [2.24, 2.45) is 0 Å². The Labute approximate surface area is 32.0 Å².